The van der Waals surface area contributed by atoms with E-state index in [0.717, 1.165) is 12.2 Å². The summed E-state index contributed by atoms with van der Waals surface area (Å²) in [5, 5.41) is 10.8. The minimum absolute atomic E-state index is 0.330. The molecule has 2 aromatic carbocycles. The fourth-order valence-corrected chi connectivity index (χ4v) is 2.64. The first kappa shape index (κ1) is 18.2. The highest BCUT2D eigenvalue weighted by Crippen LogP contribution is 2.19. The summed E-state index contributed by atoms with van der Waals surface area (Å²) in [6, 6.07) is 16.9. The van der Waals surface area contributed by atoms with E-state index < -0.39 is 9.84 Å². The van der Waals surface area contributed by atoms with Gasteiger partial charge in [0.05, 0.1) is 9.79 Å². The zero-order chi connectivity index (χ0) is 16.1. The number of hydrogen-bond acceptors (Lipinski definition) is 6. The second-order valence-electron chi connectivity index (χ2n) is 3.33. The second kappa shape index (κ2) is 10.00. The first-order chi connectivity index (χ1) is 10.0. The number of hydrogen-bond donors (Lipinski definition) is 2. The summed E-state index contributed by atoms with van der Waals surface area (Å²) < 4.78 is 24.1. The lowest BCUT2D eigenvalue weighted by Gasteiger charge is -2.03. The van der Waals surface area contributed by atoms with Gasteiger partial charge in [0.1, 0.15) is 0 Å². The van der Waals surface area contributed by atoms with Gasteiger partial charge in [0, 0.05) is 0 Å². The van der Waals surface area contributed by atoms with E-state index in [9.17, 15) is 8.42 Å². The summed E-state index contributed by atoms with van der Waals surface area (Å²) in [6.45, 7) is 0. The molecule has 0 aliphatic carbocycles. The Hall–Kier alpha value is -2.85. The van der Waals surface area contributed by atoms with Crippen molar-refractivity contribution in [3.8, 4) is 0 Å². The van der Waals surface area contributed by atoms with Crippen LogP contribution in [0.3, 0.4) is 0 Å². The molecule has 0 aliphatic rings. The number of nitrogens with one attached hydrogen (secondary N) is 2. The van der Waals surface area contributed by atoms with Crippen LogP contribution in [0.1, 0.15) is 0 Å². The molecule has 0 atom stereocenters. The van der Waals surface area contributed by atoms with Gasteiger partial charge in [-0.1, -0.05) is 36.4 Å². The fraction of sp³-hybridized carbons (Fsp3) is 0. The number of carbonyl (C=O) groups excluding carboxylic acids is 2. The summed E-state index contributed by atoms with van der Waals surface area (Å²) in [7, 11) is -3.34. The molecule has 21 heavy (non-hydrogen) atoms. The molecule has 0 saturated heterocycles. The van der Waals surface area contributed by atoms with Crippen molar-refractivity contribution in [2.45, 2.75) is 9.79 Å². The van der Waals surface area contributed by atoms with Crippen molar-refractivity contribution in [2.24, 2.45) is 0 Å². The van der Waals surface area contributed by atoms with Crippen LogP contribution < -0.4 is 0 Å². The number of rotatable bonds is 2. The topological polar surface area (TPSA) is 116 Å². The first-order valence-corrected chi connectivity index (χ1v) is 6.95. The molecule has 0 heterocycles. The highest BCUT2D eigenvalue weighted by atomic mass is 32.2. The van der Waals surface area contributed by atoms with Crippen LogP contribution >= 0.6 is 0 Å². The Morgan fingerprint density at radius 1 is 0.667 bits per heavy atom. The maximum atomic E-state index is 12.0. The average Bonchev–Trinajstić information content (AvgIpc) is 2.51. The minimum atomic E-state index is -3.34. The lowest BCUT2D eigenvalue weighted by molar-refractivity contribution is 0.562. The normalized spacial score (nSPS) is 8.76. The Morgan fingerprint density at radius 3 is 1.14 bits per heavy atom. The van der Waals surface area contributed by atoms with Crippen LogP contribution in [0, 0.1) is 10.8 Å². The van der Waals surface area contributed by atoms with Crippen molar-refractivity contribution in [3.63, 3.8) is 0 Å². The molecule has 0 aliphatic heterocycles. The van der Waals surface area contributed by atoms with Gasteiger partial charge in [-0.2, -0.15) is 0 Å². The number of benzene rings is 2. The molecule has 0 spiro atoms. The Bertz CT molecular complexity index is 644. The smallest absolute Gasteiger partial charge is 0.222 e. The third kappa shape index (κ3) is 6.22. The Balaban J connectivity index is 0.000000578. The summed E-state index contributed by atoms with van der Waals surface area (Å²) in [5.74, 6) is 0. The third-order valence-electron chi connectivity index (χ3n) is 2.11. The predicted molar refractivity (Wildman–Crippen MR) is 75.2 cm³/mol. The first-order valence-electron chi connectivity index (χ1n) is 5.47. The fourth-order valence-electron chi connectivity index (χ4n) is 1.34. The molecule has 2 aromatic rings. The molecule has 108 valence electrons. The van der Waals surface area contributed by atoms with E-state index >= 15 is 0 Å². The molecule has 0 unspecified atom stereocenters. The molecule has 0 aromatic heterocycles. The van der Waals surface area contributed by atoms with Gasteiger partial charge in [0.25, 0.3) is 0 Å². The Morgan fingerprint density at radius 2 is 0.905 bits per heavy atom. The van der Waals surface area contributed by atoms with Crippen LogP contribution in [0.4, 0.5) is 0 Å². The van der Waals surface area contributed by atoms with E-state index in [-0.39, 0.29) is 0 Å². The number of sulfone groups is 1. The van der Waals surface area contributed by atoms with Gasteiger partial charge < -0.3 is 0 Å². The third-order valence-corrected chi connectivity index (χ3v) is 3.89. The molecule has 2 rings (SSSR count). The van der Waals surface area contributed by atoms with Gasteiger partial charge in [0.15, 0.2) is 0 Å². The van der Waals surface area contributed by atoms with Crippen LogP contribution in [-0.2, 0) is 19.4 Å². The molecule has 0 amide bonds. The second-order valence-corrected chi connectivity index (χ2v) is 5.28. The predicted octanol–water partition coefficient (Wildman–Crippen LogP) is 2.32. The van der Waals surface area contributed by atoms with Gasteiger partial charge in [0.2, 0.25) is 22.0 Å². The molecule has 6 nitrogen and oxygen atoms in total. The Labute approximate surface area is 122 Å². The van der Waals surface area contributed by atoms with Crippen LogP contribution in [0.15, 0.2) is 70.5 Å². The van der Waals surface area contributed by atoms with Gasteiger partial charge in [-0.25, -0.2) is 28.8 Å². The molecule has 7 heteroatoms. The summed E-state index contributed by atoms with van der Waals surface area (Å²) in [5.41, 5.74) is 0. The monoisotopic (exact) mass is 304 g/mol. The summed E-state index contributed by atoms with van der Waals surface area (Å²) in [4.78, 5) is 17.4. The SMILES string of the molecule is N=C=O.N=C=O.O=S(=O)(c1ccccc1)c1ccccc1. The van der Waals surface area contributed by atoms with Gasteiger partial charge in [-0.3, -0.25) is 0 Å². The van der Waals surface area contributed by atoms with Gasteiger partial charge >= 0.3 is 0 Å². The van der Waals surface area contributed by atoms with E-state index in [2.05, 4.69) is 0 Å². The molecule has 2 N–H and O–H groups in total. The zero-order valence-electron chi connectivity index (χ0n) is 10.8. The summed E-state index contributed by atoms with van der Waals surface area (Å²) in [6.07, 6.45) is 1.50. The van der Waals surface area contributed by atoms with Crippen molar-refractivity contribution < 1.29 is 18.0 Å². The van der Waals surface area contributed by atoms with E-state index in [4.69, 9.17) is 20.4 Å². The maximum absolute atomic E-state index is 12.0. The van der Waals surface area contributed by atoms with Crippen molar-refractivity contribution in [2.75, 3.05) is 0 Å². The van der Waals surface area contributed by atoms with Crippen LogP contribution in [0.5, 0.6) is 0 Å². The highest BCUT2D eigenvalue weighted by molar-refractivity contribution is 7.91. The minimum Gasteiger partial charge on any atom is -0.222 e. The molecular weight excluding hydrogens is 292 g/mol. The number of isocyanates is 2. The lowest BCUT2D eigenvalue weighted by Crippen LogP contribution is -2.00. The molecular formula is C14H12N2O4S. The van der Waals surface area contributed by atoms with E-state index in [1.54, 1.807) is 60.7 Å². The lowest BCUT2D eigenvalue weighted by atomic mass is 10.4. The van der Waals surface area contributed by atoms with Crippen molar-refractivity contribution >= 4 is 22.0 Å². The maximum Gasteiger partial charge on any atom is 0.231 e. The van der Waals surface area contributed by atoms with Crippen LogP contribution in [0.25, 0.3) is 0 Å². The molecule has 0 saturated carbocycles. The molecule has 0 radical (unpaired) electrons. The Kier molecular flexibility index (Phi) is 8.64. The van der Waals surface area contributed by atoms with Gasteiger partial charge in [-0.15, -0.1) is 0 Å². The molecule has 0 bridgehead atoms. The van der Waals surface area contributed by atoms with Crippen LogP contribution in [0.2, 0.25) is 0 Å². The largest absolute Gasteiger partial charge is 0.231 e. The summed E-state index contributed by atoms with van der Waals surface area (Å²) >= 11 is 0. The van der Waals surface area contributed by atoms with E-state index in [0.29, 0.717) is 9.79 Å². The van der Waals surface area contributed by atoms with E-state index in [1.165, 1.54) is 0 Å². The van der Waals surface area contributed by atoms with Gasteiger partial charge in [-0.05, 0) is 24.3 Å². The average molecular weight is 304 g/mol. The van der Waals surface area contributed by atoms with Crippen molar-refractivity contribution in [1.29, 1.82) is 10.8 Å². The standard InChI is InChI=1S/C12H10O2S.2CHNO/c13-15(14,11-7-3-1-4-8-11)12-9-5-2-6-10-12;2*2-1-3/h1-10H;2*2H. The molecule has 0 fully saturated rings. The van der Waals surface area contributed by atoms with Crippen molar-refractivity contribution in [1.82, 2.24) is 0 Å². The van der Waals surface area contributed by atoms with Crippen LogP contribution in [-0.4, -0.2) is 20.6 Å². The van der Waals surface area contributed by atoms with Crippen molar-refractivity contribution in [3.05, 3.63) is 60.7 Å². The quantitative estimate of drug-likeness (QED) is 0.654. The van der Waals surface area contributed by atoms with E-state index in [1.807, 2.05) is 0 Å². The highest BCUT2D eigenvalue weighted by Gasteiger charge is 2.15. The zero-order valence-corrected chi connectivity index (χ0v) is 11.6.